The quantitative estimate of drug-likeness (QED) is 0.569. The maximum atomic E-state index is 12.8. The van der Waals surface area contributed by atoms with Crippen LogP contribution < -0.4 is 10.6 Å². The maximum Gasteiger partial charge on any atom is 0.265 e. The summed E-state index contributed by atoms with van der Waals surface area (Å²) in [6, 6.07) is 8.00. The highest BCUT2D eigenvalue weighted by Gasteiger charge is 2.42. The van der Waals surface area contributed by atoms with Crippen LogP contribution in [0.25, 0.3) is 0 Å². The Morgan fingerprint density at radius 3 is 2.85 bits per heavy atom. The average Bonchev–Trinajstić information content (AvgIpc) is 2.98. The lowest BCUT2D eigenvalue weighted by Crippen LogP contribution is -2.42. The summed E-state index contributed by atoms with van der Waals surface area (Å²) in [7, 11) is 0. The first-order chi connectivity index (χ1) is 12.9. The Morgan fingerprint density at radius 1 is 1.37 bits per heavy atom. The number of hydrogen-bond donors (Lipinski definition) is 2. The Morgan fingerprint density at radius 2 is 2.11 bits per heavy atom. The first kappa shape index (κ1) is 18.7. The summed E-state index contributed by atoms with van der Waals surface area (Å²) in [6.07, 6.45) is 2.29. The molecule has 1 aliphatic carbocycles. The van der Waals surface area contributed by atoms with E-state index in [0.29, 0.717) is 27.6 Å². The molecule has 1 aromatic heterocycles. The van der Waals surface area contributed by atoms with Crippen LogP contribution in [0, 0.1) is 16.8 Å². The molecule has 1 saturated carbocycles. The number of anilines is 1. The monoisotopic (exact) mass is 421 g/mol. The molecule has 2 aromatic rings. The highest BCUT2D eigenvalue weighted by Crippen LogP contribution is 2.44. The molecule has 2 N–H and O–H groups in total. The van der Waals surface area contributed by atoms with Crippen molar-refractivity contribution in [2.75, 3.05) is 5.32 Å². The van der Waals surface area contributed by atoms with E-state index in [0.717, 1.165) is 18.4 Å². The van der Waals surface area contributed by atoms with Gasteiger partial charge in [-0.15, -0.1) is 11.6 Å². The van der Waals surface area contributed by atoms with E-state index < -0.39 is 0 Å². The van der Waals surface area contributed by atoms with Crippen molar-refractivity contribution in [3.05, 3.63) is 44.2 Å². The number of fused-ring (bicyclic) bond motifs is 3. The fourth-order valence-electron chi connectivity index (χ4n) is 3.83. The normalized spacial score (nSPS) is 23.9. The highest BCUT2D eigenvalue weighted by atomic mass is 35.5. The van der Waals surface area contributed by atoms with E-state index >= 15 is 0 Å². The largest absolute Gasteiger partial charge is 0.347 e. The first-order valence-electron chi connectivity index (χ1n) is 8.98. The van der Waals surface area contributed by atoms with Gasteiger partial charge in [0, 0.05) is 18.0 Å². The number of halogens is 1. The van der Waals surface area contributed by atoms with Crippen LogP contribution >= 0.6 is 35.2 Å². The van der Waals surface area contributed by atoms with E-state index in [-0.39, 0.29) is 29.2 Å². The molecule has 0 spiro atoms. The van der Waals surface area contributed by atoms with Gasteiger partial charge < -0.3 is 15.2 Å². The smallest absolute Gasteiger partial charge is 0.265 e. The molecule has 0 bridgehead atoms. The minimum Gasteiger partial charge on any atom is -0.347 e. The van der Waals surface area contributed by atoms with E-state index in [9.17, 15) is 9.59 Å². The van der Waals surface area contributed by atoms with Crippen LogP contribution in [0.1, 0.15) is 46.1 Å². The molecule has 3 unspecified atom stereocenters. The van der Waals surface area contributed by atoms with Gasteiger partial charge >= 0.3 is 0 Å². The summed E-state index contributed by atoms with van der Waals surface area (Å²) in [4.78, 5) is 25.8. The molecule has 142 valence electrons. The second-order valence-corrected chi connectivity index (χ2v) is 9.42. The van der Waals surface area contributed by atoms with Crippen LogP contribution in [-0.4, -0.2) is 21.8 Å². The number of alkyl halides is 1. The number of carbonyl (C=O) groups is 2. The second-order valence-electron chi connectivity index (χ2n) is 7.16. The van der Waals surface area contributed by atoms with Crippen molar-refractivity contribution in [3.8, 4) is 0 Å². The van der Waals surface area contributed by atoms with Gasteiger partial charge in [-0.1, -0.05) is 41.2 Å². The van der Waals surface area contributed by atoms with Crippen molar-refractivity contribution < 1.29 is 9.59 Å². The molecule has 2 aliphatic rings. The zero-order chi connectivity index (χ0) is 19.1. The standard InChI is InChI=1S/C19H20ClN3O2S2/c1-10-2-4-11(5-3-10)9-21-18(25)15-16-22-17(24)13-8-12(20)6-7-14(13)23(16)19(26)27-15/h2-5,12-14H,6-9H2,1H3,(H,21,25)(H,22,24). The molecule has 0 saturated heterocycles. The highest BCUT2D eigenvalue weighted by molar-refractivity contribution is 7.73. The molecule has 2 heterocycles. The van der Waals surface area contributed by atoms with Crippen molar-refractivity contribution in [1.82, 2.24) is 9.88 Å². The van der Waals surface area contributed by atoms with Crippen LogP contribution in [0.2, 0.25) is 0 Å². The molecule has 1 aromatic carbocycles. The Hall–Kier alpha value is -1.70. The number of carbonyl (C=O) groups excluding carboxylic acids is 2. The molecule has 1 fully saturated rings. The number of rotatable bonds is 3. The Kier molecular flexibility index (Phi) is 5.09. The van der Waals surface area contributed by atoms with Crippen molar-refractivity contribution in [3.63, 3.8) is 0 Å². The van der Waals surface area contributed by atoms with Gasteiger partial charge in [-0.05, 0) is 44.0 Å². The SMILES string of the molecule is Cc1ccc(CNC(=O)c2sc(=S)n3c2NC(=O)C2CC(Cl)CCC23)cc1. The molecule has 5 nitrogen and oxygen atoms in total. The Bertz CT molecular complexity index is 951. The van der Waals surface area contributed by atoms with Crippen LogP contribution in [-0.2, 0) is 11.3 Å². The van der Waals surface area contributed by atoms with E-state index in [1.807, 2.05) is 35.8 Å². The lowest BCUT2D eigenvalue weighted by Gasteiger charge is -2.38. The van der Waals surface area contributed by atoms with Crippen molar-refractivity contribution in [2.24, 2.45) is 5.92 Å². The summed E-state index contributed by atoms with van der Waals surface area (Å²) < 4.78 is 2.57. The Labute approximate surface area is 171 Å². The topological polar surface area (TPSA) is 63.1 Å². The zero-order valence-electron chi connectivity index (χ0n) is 14.8. The number of hydrogen-bond acceptors (Lipinski definition) is 4. The number of aryl methyl sites for hydroxylation is 1. The van der Waals surface area contributed by atoms with Crippen molar-refractivity contribution in [2.45, 2.75) is 44.1 Å². The molecular weight excluding hydrogens is 402 g/mol. The van der Waals surface area contributed by atoms with Crippen LogP contribution in [0.3, 0.4) is 0 Å². The summed E-state index contributed by atoms with van der Waals surface area (Å²) in [5.41, 5.74) is 2.20. The molecule has 4 rings (SSSR count). The van der Waals surface area contributed by atoms with E-state index in [2.05, 4.69) is 10.6 Å². The van der Waals surface area contributed by atoms with Crippen LogP contribution in [0.15, 0.2) is 24.3 Å². The number of aromatic nitrogens is 1. The second kappa shape index (κ2) is 7.37. The minimum absolute atomic E-state index is 0.00820. The molecule has 27 heavy (non-hydrogen) atoms. The molecule has 1 aliphatic heterocycles. The van der Waals surface area contributed by atoms with Gasteiger partial charge in [0.15, 0.2) is 3.95 Å². The molecule has 3 atom stereocenters. The van der Waals surface area contributed by atoms with E-state index in [1.165, 1.54) is 16.9 Å². The summed E-state index contributed by atoms with van der Waals surface area (Å²) in [6.45, 7) is 2.45. The lowest BCUT2D eigenvalue weighted by atomic mass is 9.82. The third kappa shape index (κ3) is 3.56. The number of benzene rings is 1. The maximum absolute atomic E-state index is 12.8. The average molecular weight is 422 g/mol. The summed E-state index contributed by atoms with van der Waals surface area (Å²) in [5, 5.41) is 5.85. The first-order valence-corrected chi connectivity index (χ1v) is 10.6. The van der Waals surface area contributed by atoms with E-state index in [1.54, 1.807) is 0 Å². The number of thiazole rings is 1. The van der Waals surface area contributed by atoms with Crippen molar-refractivity contribution in [1.29, 1.82) is 0 Å². The van der Waals surface area contributed by atoms with Gasteiger partial charge in [0.25, 0.3) is 5.91 Å². The predicted octanol–water partition coefficient (Wildman–Crippen LogP) is 4.42. The summed E-state index contributed by atoms with van der Waals surface area (Å²) in [5.74, 6) is 0.0696. The van der Waals surface area contributed by atoms with E-state index in [4.69, 9.17) is 23.8 Å². The van der Waals surface area contributed by atoms with Gasteiger partial charge in [-0.3, -0.25) is 9.59 Å². The number of nitrogens with zero attached hydrogens (tertiary/aromatic N) is 1. The molecule has 8 heteroatoms. The molecular formula is C19H20ClN3O2S2. The lowest BCUT2D eigenvalue weighted by molar-refractivity contribution is -0.123. The van der Waals surface area contributed by atoms with Gasteiger partial charge in [0.05, 0.1) is 5.92 Å². The number of amides is 2. The predicted molar refractivity (Wildman–Crippen MR) is 110 cm³/mol. The summed E-state index contributed by atoms with van der Waals surface area (Å²) >= 11 is 13.0. The third-order valence-electron chi connectivity index (χ3n) is 5.28. The van der Waals surface area contributed by atoms with Gasteiger partial charge in [-0.25, -0.2) is 0 Å². The number of nitrogens with one attached hydrogen (secondary N) is 2. The third-order valence-corrected chi connectivity index (χ3v) is 7.08. The molecule has 0 radical (unpaired) electrons. The zero-order valence-corrected chi connectivity index (χ0v) is 17.2. The van der Waals surface area contributed by atoms with Crippen molar-refractivity contribution >= 4 is 52.8 Å². The van der Waals surface area contributed by atoms with Crippen LogP contribution in [0.4, 0.5) is 5.82 Å². The molecule has 2 amide bonds. The fraction of sp³-hybridized carbons (Fsp3) is 0.421. The Balaban J connectivity index is 1.58. The van der Waals surface area contributed by atoms with Gasteiger partial charge in [-0.2, -0.15) is 0 Å². The van der Waals surface area contributed by atoms with Crippen LogP contribution in [0.5, 0.6) is 0 Å². The van der Waals surface area contributed by atoms with Gasteiger partial charge in [0.1, 0.15) is 10.7 Å². The van der Waals surface area contributed by atoms with Gasteiger partial charge in [0.2, 0.25) is 5.91 Å². The minimum atomic E-state index is -0.217. The fourth-order valence-corrected chi connectivity index (χ4v) is 5.53.